The second-order valence-corrected chi connectivity index (χ2v) is 12.4. The lowest BCUT2D eigenvalue weighted by molar-refractivity contribution is 0.0786. The van der Waals surface area contributed by atoms with E-state index in [9.17, 15) is 13.6 Å². The number of hydrogen-bond acceptors (Lipinski definition) is 10. The molecule has 0 spiro atoms. The van der Waals surface area contributed by atoms with Crippen LogP contribution in [0.25, 0.3) is 10.6 Å². The Balaban J connectivity index is 0.000000174. The number of methoxy groups -OCH3 is 2. The van der Waals surface area contributed by atoms with E-state index in [1.165, 1.54) is 55.7 Å². The molecule has 14 heteroatoms. The molecule has 2 unspecified atom stereocenters. The average Bonchev–Trinajstić information content (AvgIpc) is 3.96. The predicted molar refractivity (Wildman–Crippen MR) is 189 cm³/mol. The molecule has 10 nitrogen and oxygen atoms in total. The first-order valence-corrected chi connectivity index (χ1v) is 16.9. The lowest BCUT2D eigenvalue weighted by Gasteiger charge is -2.15. The van der Waals surface area contributed by atoms with Crippen LogP contribution in [-0.2, 0) is 0 Å². The van der Waals surface area contributed by atoms with Gasteiger partial charge in [0.05, 0.1) is 25.2 Å². The number of nitrogens with one attached hydrogen (secondary N) is 1. The van der Waals surface area contributed by atoms with Crippen molar-refractivity contribution in [2.75, 3.05) is 40.4 Å². The average molecular weight is 702 g/mol. The molecule has 50 heavy (non-hydrogen) atoms. The Morgan fingerprint density at radius 1 is 0.900 bits per heavy atom. The standard InChI is InChI=1S/C20H18FN3O2S.C9H12N2.C7H8BFO3/c1-26-17-6-2-5-15(21)18(17)19-23-16(12-27-19)20(25)24-9-7-14(11-24)13-4-3-8-22-10-13;1-2-8(6-10-4-1)9-3-5-11-7-9;1-12-6-4-2-3-5(9)7(6)8(10)11/h2-6,8,10,12,14H,7,9,11H2,1H3;1-2,4,6,9,11H,3,5,7H2;2-4,10-11H,1H3. The van der Waals surface area contributed by atoms with Crippen LogP contribution in [0, 0.1) is 11.6 Å². The molecule has 2 saturated heterocycles. The fourth-order valence-electron chi connectivity index (χ4n) is 5.87. The van der Waals surface area contributed by atoms with E-state index < -0.39 is 18.8 Å². The van der Waals surface area contributed by atoms with Crippen LogP contribution in [0.15, 0.2) is 90.8 Å². The summed E-state index contributed by atoms with van der Waals surface area (Å²) in [6.45, 7) is 3.58. The molecule has 2 aliphatic rings. The highest BCUT2D eigenvalue weighted by Gasteiger charge is 2.30. The largest absolute Gasteiger partial charge is 0.497 e. The van der Waals surface area contributed by atoms with Gasteiger partial charge in [0.15, 0.2) is 0 Å². The minimum Gasteiger partial charge on any atom is -0.497 e. The number of amides is 1. The number of carbonyl (C=O) groups is 1. The van der Waals surface area contributed by atoms with Crippen LogP contribution < -0.4 is 20.3 Å². The number of likely N-dealkylation sites (tertiary alicyclic amines) is 1. The van der Waals surface area contributed by atoms with Crippen molar-refractivity contribution in [2.24, 2.45) is 0 Å². The van der Waals surface area contributed by atoms with E-state index in [-0.39, 0.29) is 23.0 Å². The van der Waals surface area contributed by atoms with Gasteiger partial charge < -0.3 is 29.7 Å². The number of rotatable bonds is 7. The first-order chi connectivity index (χ1) is 24.3. The smallest absolute Gasteiger partial charge is 0.495 e. The van der Waals surface area contributed by atoms with Gasteiger partial charge in [0.1, 0.15) is 33.8 Å². The van der Waals surface area contributed by atoms with Crippen LogP contribution >= 0.6 is 11.3 Å². The van der Waals surface area contributed by atoms with Crippen LogP contribution in [0.4, 0.5) is 8.78 Å². The van der Waals surface area contributed by atoms with E-state index in [2.05, 4.69) is 26.3 Å². The number of carbonyl (C=O) groups excluding carboxylic acids is 1. The minimum atomic E-state index is -1.85. The van der Waals surface area contributed by atoms with Gasteiger partial charge in [-0.1, -0.05) is 24.3 Å². The summed E-state index contributed by atoms with van der Waals surface area (Å²) in [7, 11) is 0.975. The molecule has 260 valence electrons. The molecule has 0 bridgehead atoms. The fraction of sp³-hybridized carbons (Fsp3) is 0.278. The number of pyridine rings is 2. The summed E-state index contributed by atoms with van der Waals surface area (Å²) in [6.07, 6.45) is 9.55. The van der Waals surface area contributed by atoms with Crippen molar-refractivity contribution in [1.29, 1.82) is 0 Å². The zero-order valence-electron chi connectivity index (χ0n) is 27.7. The molecule has 5 heterocycles. The van der Waals surface area contributed by atoms with Gasteiger partial charge in [0, 0.05) is 55.7 Å². The minimum absolute atomic E-state index is 0.126. The van der Waals surface area contributed by atoms with E-state index >= 15 is 0 Å². The molecule has 3 N–H and O–H groups in total. The lowest BCUT2D eigenvalue weighted by Crippen LogP contribution is -2.33. The third kappa shape index (κ3) is 9.07. The van der Waals surface area contributed by atoms with E-state index in [1.807, 2.05) is 36.8 Å². The van der Waals surface area contributed by atoms with Gasteiger partial charge in [-0.05, 0) is 72.8 Å². The summed E-state index contributed by atoms with van der Waals surface area (Å²) < 4.78 is 37.1. The molecule has 0 aliphatic carbocycles. The number of hydrogen-bond donors (Lipinski definition) is 3. The van der Waals surface area contributed by atoms with Crippen LogP contribution in [0.3, 0.4) is 0 Å². The summed E-state index contributed by atoms with van der Waals surface area (Å²) in [5.74, 6) is 0.284. The first-order valence-electron chi connectivity index (χ1n) is 16.1. The highest BCUT2D eigenvalue weighted by Crippen LogP contribution is 2.35. The highest BCUT2D eigenvalue weighted by atomic mass is 32.1. The molecular formula is C36H38BF2N5O5S. The monoisotopic (exact) mass is 701 g/mol. The molecule has 2 fully saturated rings. The van der Waals surface area contributed by atoms with Gasteiger partial charge in [-0.3, -0.25) is 14.8 Å². The topological polar surface area (TPSA) is 130 Å². The molecule has 1 amide bonds. The van der Waals surface area contributed by atoms with Gasteiger partial charge >= 0.3 is 7.12 Å². The quantitative estimate of drug-likeness (QED) is 0.208. The van der Waals surface area contributed by atoms with Crippen LogP contribution in [0.2, 0.25) is 0 Å². The lowest BCUT2D eigenvalue weighted by atomic mass is 9.79. The van der Waals surface area contributed by atoms with E-state index in [0.29, 0.717) is 41.0 Å². The molecule has 3 aromatic heterocycles. The molecule has 7 rings (SSSR count). The molecule has 2 atom stereocenters. The van der Waals surface area contributed by atoms with E-state index in [4.69, 9.17) is 19.5 Å². The first kappa shape index (κ1) is 36.5. The van der Waals surface area contributed by atoms with Gasteiger partial charge in [0.25, 0.3) is 5.91 Å². The van der Waals surface area contributed by atoms with Crippen LogP contribution in [0.5, 0.6) is 11.5 Å². The molecule has 0 radical (unpaired) electrons. The number of aromatic nitrogens is 3. The number of halogens is 2. The van der Waals surface area contributed by atoms with Crippen molar-refractivity contribution in [1.82, 2.24) is 25.2 Å². The van der Waals surface area contributed by atoms with Crippen LogP contribution in [-0.4, -0.2) is 83.3 Å². The van der Waals surface area contributed by atoms with Crippen molar-refractivity contribution >= 4 is 29.8 Å². The predicted octanol–water partition coefficient (Wildman–Crippen LogP) is 4.66. The Morgan fingerprint density at radius 3 is 2.14 bits per heavy atom. The molecule has 0 saturated carbocycles. The summed E-state index contributed by atoms with van der Waals surface area (Å²) >= 11 is 1.24. The highest BCUT2D eigenvalue weighted by molar-refractivity contribution is 7.13. The number of thiazole rings is 1. The Bertz CT molecular complexity index is 1830. The Morgan fingerprint density at radius 2 is 1.56 bits per heavy atom. The van der Waals surface area contributed by atoms with Crippen molar-refractivity contribution in [2.45, 2.75) is 24.7 Å². The number of benzene rings is 2. The zero-order chi connectivity index (χ0) is 35.5. The van der Waals surface area contributed by atoms with Gasteiger partial charge in [0.2, 0.25) is 0 Å². The molecule has 2 aromatic carbocycles. The molecule has 5 aromatic rings. The van der Waals surface area contributed by atoms with Crippen molar-refractivity contribution in [3.05, 3.63) is 119 Å². The second kappa shape index (κ2) is 17.8. The maximum Gasteiger partial charge on any atom is 0.495 e. The Labute approximate surface area is 293 Å². The molecular weight excluding hydrogens is 663 g/mol. The Kier molecular flexibility index (Phi) is 13.0. The summed E-state index contributed by atoms with van der Waals surface area (Å²) in [6, 6.07) is 16.8. The van der Waals surface area contributed by atoms with E-state index in [0.717, 1.165) is 31.1 Å². The van der Waals surface area contributed by atoms with Gasteiger partial charge in [-0.25, -0.2) is 13.8 Å². The maximum atomic E-state index is 14.3. The normalized spacial score (nSPS) is 16.5. The van der Waals surface area contributed by atoms with Crippen molar-refractivity contribution in [3.63, 3.8) is 0 Å². The van der Waals surface area contributed by atoms with Crippen LogP contribution in [0.1, 0.15) is 46.3 Å². The third-order valence-electron chi connectivity index (χ3n) is 8.47. The number of ether oxygens (including phenoxy) is 2. The second-order valence-electron chi connectivity index (χ2n) is 11.6. The fourth-order valence-corrected chi connectivity index (χ4v) is 6.71. The summed E-state index contributed by atoms with van der Waals surface area (Å²) in [5.41, 5.74) is 2.91. The van der Waals surface area contributed by atoms with Gasteiger partial charge in [-0.2, -0.15) is 0 Å². The zero-order valence-corrected chi connectivity index (χ0v) is 28.5. The number of nitrogens with zero attached hydrogens (tertiary/aromatic N) is 4. The summed E-state index contributed by atoms with van der Waals surface area (Å²) in [4.78, 5) is 27.3. The van der Waals surface area contributed by atoms with Gasteiger partial charge in [-0.15, -0.1) is 11.3 Å². The van der Waals surface area contributed by atoms with Crippen molar-refractivity contribution in [3.8, 4) is 22.1 Å². The summed E-state index contributed by atoms with van der Waals surface area (Å²) in [5, 5.41) is 23.0. The Hall–Kier alpha value is -4.76. The SMILES string of the molecule is COc1cccc(F)c1-c1nc(C(=O)N2CCC(c3cccnc3)C2)cs1.COc1cccc(F)c1B(O)O.c1cncc(C2CCNC2)c1. The van der Waals surface area contributed by atoms with E-state index in [1.54, 1.807) is 28.6 Å². The van der Waals surface area contributed by atoms with Crippen molar-refractivity contribution < 1.29 is 33.1 Å². The molecule has 2 aliphatic heterocycles. The third-order valence-corrected chi connectivity index (χ3v) is 9.33. The maximum absolute atomic E-state index is 14.3.